The normalized spacial score (nSPS) is 19.2. The van der Waals surface area contributed by atoms with E-state index in [1.165, 1.54) is 12.4 Å². The highest BCUT2D eigenvalue weighted by Crippen LogP contribution is 2.40. The van der Waals surface area contributed by atoms with E-state index in [4.69, 9.17) is 21.3 Å². The highest BCUT2D eigenvalue weighted by Gasteiger charge is 2.36. The van der Waals surface area contributed by atoms with Crippen molar-refractivity contribution in [1.29, 1.82) is 0 Å². The van der Waals surface area contributed by atoms with Crippen LogP contribution in [0.5, 0.6) is 5.75 Å². The Kier molecular flexibility index (Phi) is 5.77. The fourth-order valence-corrected chi connectivity index (χ4v) is 5.91. The van der Waals surface area contributed by atoms with Crippen LogP contribution in [0.3, 0.4) is 0 Å². The molecule has 1 N–H and O–H groups in total. The van der Waals surface area contributed by atoms with Crippen molar-refractivity contribution in [3.63, 3.8) is 0 Å². The van der Waals surface area contributed by atoms with Crippen LogP contribution in [-0.2, 0) is 0 Å². The van der Waals surface area contributed by atoms with Gasteiger partial charge in [-0.25, -0.2) is 14.4 Å². The molecule has 9 nitrogen and oxygen atoms in total. The smallest absolute Gasteiger partial charge is 0.260 e. The van der Waals surface area contributed by atoms with E-state index in [1.807, 2.05) is 6.07 Å². The lowest BCUT2D eigenvalue weighted by molar-refractivity contribution is 0.0280. The Morgan fingerprint density at radius 3 is 2.77 bits per heavy atom. The zero-order valence-electron chi connectivity index (χ0n) is 20.7. The van der Waals surface area contributed by atoms with Crippen molar-refractivity contribution in [3.8, 4) is 28.7 Å². The summed E-state index contributed by atoms with van der Waals surface area (Å²) in [6.45, 7) is 0.176. The molecule has 1 amide bonds. The van der Waals surface area contributed by atoms with Gasteiger partial charge in [0, 0.05) is 17.1 Å². The fraction of sp³-hybridized carbons (Fsp3) is 0.250. The molecule has 0 bridgehead atoms. The number of amides is 1. The predicted octanol–water partition coefficient (Wildman–Crippen LogP) is 5.65. The highest BCUT2D eigenvalue weighted by molar-refractivity contribution is 6.31. The van der Waals surface area contributed by atoms with Gasteiger partial charge in [-0.05, 0) is 62.1 Å². The lowest BCUT2D eigenvalue weighted by Crippen LogP contribution is -2.47. The first-order chi connectivity index (χ1) is 19.1. The van der Waals surface area contributed by atoms with Gasteiger partial charge in [0.15, 0.2) is 12.6 Å². The minimum atomic E-state index is -0.349. The Balaban J connectivity index is 1.30. The molecule has 1 aliphatic carbocycles. The molecule has 196 valence electrons. The third-order valence-corrected chi connectivity index (χ3v) is 7.80. The number of carbonyl (C=O) groups excluding carboxylic acids is 1. The van der Waals surface area contributed by atoms with E-state index >= 15 is 4.39 Å². The van der Waals surface area contributed by atoms with Crippen molar-refractivity contribution in [2.45, 2.75) is 37.8 Å². The Hall–Kier alpha value is -4.31. The summed E-state index contributed by atoms with van der Waals surface area (Å²) in [5.41, 5.74) is 2.97. The lowest BCUT2D eigenvalue weighted by Gasteiger charge is -2.40. The number of pyridine rings is 1. The topological polar surface area (TPSA) is 102 Å². The maximum atomic E-state index is 15.1. The summed E-state index contributed by atoms with van der Waals surface area (Å²) in [6.07, 6.45) is 6.35. The molecule has 1 fully saturated rings. The summed E-state index contributed by atoms with van der Waals surface area (Å²) in [6, 6.07) is 13.5. The van der Waals surface area contributed by atoms with Crippen LogP contribution in [0.1, 0.15) is 42.1 Å². The molecule has 0 saturated heterocycles. The van der Waals surface area contributed by atoms with E-state index in [-0.39, 0.29) is 30.5 Å². The molecule has 2 atom stereocenters. The van der Waals surface area contributed by atoms with Crippen molar-refractivity contribution in [2.24, 2.45) is 0 Å². The summed E-state index contributed by atoms with van der Waals surface area (Å²) in [7, 11) is 0. The average Bonchev–Trinajstić information content (AvgIpc) is 3.62. The second-order valence-electron chi connectivity index (χ2n) is 9.84. The number of aromatic nitrogens is 6. The maximum Gasteiger partial charge on any atom is 0.260 e. The monoisotopic (exact) mass is 543 g/mol. The molecule has 3 aromatic heterocycles. The van der Waals surface area contributed by atoms with Crippen LogP contribution in [0.25, 0.3) is 33.9 Å². The number of carbonyl (C=O) groups is 1. The zero-order valence-corrected chi connectivity index (χ0v) is 21.5. The first kappa shape index (κ1) is 23.8. The number of rotatable bonds is 4. The molecule has 2 unspecified atom stereocenters. The molecule has 4 heterocycles. The number of H-pyrrole nitrogens is 1. The molecular formula is C28H23ClFN7O2. The SMILES string of the molecule is O=C1c2cc(Cl)ccc2OCN1C1CCCC(n2c(-c3ccccc3F)nc3cnc(-c4ncn[nH]4)cc32)C1. The van der Waals surface area contributed by atoms with Gasteiger partial charge in [0.1, 0.15) is 34.9 Å². The van der Waals surface area contributed by atoms with Crippen LogP contribution in [0.15, 0.2) is 61.1 Å². The van der Waals surface area contributed by atoms with Crippen LogP contribution >= 0.6 is 11.6 Å². The molecule has 7 rings (SSSR count). The van der Waals surface area contributed by atoms with Gasteiger partial charge in [0.05, 0.1) is 22.8 Å². The number of aromatic amines is 1. The van der Waals surface area contributed by atoms with Gasteiger partial charge >= 0.3 is 0 Å². The number of benzene rings is 2. The summed E-state index contributed by atoms with van der Waals surface area (Å²) in [5, 5.41) is 7.28. The van der Waals surface area contributed by atoms with E-state index in [2.05, 4.69) is 24.7 Å². The minimum Gasteiger partial charge on any atom is -0.472 e. The van der Waals surface area contributed by atoms with Gasteiger partial charge in [0.2, 0.25) is 0 Å². The number of fused-ring (bicyclic) bond motifs is 2. The van der Waals surface area contributed by atoms with Crippen molar-refractivity contribution in [2.75, 3.05) is 6.73 Å². The molecule has 1 saturated carbocycles. The highest BCUT2D eigenvalue weighted by atomic mass is 35.5. The Bertz CT molecular complexity index is 1700. The number of nitrogens with zero attached hydrogens (tertiary/aromatic N) is 6. The first-order valence-electron chi connectivity index (χ1n) is 12.8. The van der Waals surface area contributed by atoms with Crippen LogP contribution in [0, 0.1) is 5.82 Å². The van der Waals surface area contributed by atoms with Crippen molar-refractivity contribution in [3.05, 3.63) is 77.5 Å². The fourth-order valence-electron chi connectivity index (χ4n) is 5.73. The van der Waals surface area contributed by atoms with Crippen LogP contribution in [0.2, 0.25) is 5.02 Å². The molecule has 5 aromatic rings. The van der Waals surface area contributed by atoms with E-state index in [9.17, 15) is 4.79 Å². The van der Waals surface area contributed by atoms with Gasteiger partial charge < -0.3 is 14.2 Å². The first-order valence-corrected chi connectivity index (χ1v) is 13.2. The number of halogens is 2. The summed E-state index contributed by atoms with van der Waals surface area (Å²) >= 11 is 6.18. The summed E-state index contributed by atoms with van der Waals surface area (Å²) in [5.74, 6) is 1.17. The summed E-state index contributed by atoms with van der Waals surface area (Å²) < 4.78 is 23.1. The minimum absolute atomic E-state index is 0.0399. The van der Waals surface area contributed by atoms with E-state index < -0.39 is 0 Å². The van der Waals surface area contributed by atoms with Crippen molar-refractivity contribution >= 4 is 28.5 Å². The number of ether oxygens (including phenoxy) is 1. The summed E-state index contributed by atoms with van der Waals surface area (Å²) in [4.78, 5) is 28.8. The number of hydrogen-bond donors (Lipinski definition) is 1. The third kappa shape index (κ3) is 4.11. The number of nitrogens with one attached hydrogen (secondary N) is 1. The number of hydrogen-bond acceptors (Lipinski definition) is 6. The van der Waals surface area contributed by atoms with Crippen LogP contribution in [-0.4, -0.2) is 53.3 Å². The van der Waals surface area contributed by atoms with Gasteiger partial charge in [-0.15, -0.1) is 0 Å². The molecule has 0 spiro atoms. The third-order valence-electron chi connectivity index (χ3n) is 7.57. The Morgan fingerprint density at radius 1 is 1.05 bits per heavy atom. The van der Waals surface area contributed by atoms with E-state index in [0.717, 1.165) is 24.8 Å². The van der Waals surface area contributed by atoms with Gasteiger partial charge in [-0.1, -0.05) is 23.7 Å². The zero-order chi connectivity index (χ0) is 26.5. The van der Waals surface area contributed by atoms with E-state index in [0.29, 0.717) is 51.2 Å². The average molecular weight is 544 g/mol. The Labute approximate surface area is 227 Å². The molecule has 0 radical (unpaired) electrons. The predicted molar refractivity (Wildman–Crippen MR) is 143 cm³/mol. The Morgan fingerprint density at radius 2 is 1.92 bits per heavy atom. The van der Waals surface area contributed by atoms with Gasteiger partial charge in [-0.2, -0.15) is 5.10 Å². The lowest BCUT2D eigenvalue weighted by atomic mass is 9.89. The molecule has 2 aliphatic rings. The maximum absolute atomic E-state index is 15.1. The van der Waals surface area contributed by atoms with Crippen molar-refractivity contribution in [1.82, 2.24) is 34.6 Å². The quantitative estimate of drug-likeness (QED) is 0.314. The van der Waals surface area contributed by atoms with Gasteiger partial charge in [0.25, 0.3) is 5.91 Å². The molecular weight excluding hydrogens is 521 g/mol. The molecule has 1 aliphatic heterocycles. The largest absolute Gasteiger partial charge is 0.472 e. The standard InChI is InChI=1S/C28H23ClFN7O2/c29-16-8-9-25-20(10-16)28(38)36(15-39-25)17-4-3-5-18(11-17)37-24-12-22(26-32-14-33-35-26)31-13-23(24)34-27(37)19-6-1-2-7-21(19)30/h1-2,6-10,12-14,17-18H,3-5,11,15H2,(H,32,33,35). The molecule has 11 heteroatoms. The van der Waals surface area contributed by atoms with Crippen LogP contribution in [0.4, 0.5) is 4.39 Å². The van der Waals surface area contributed by atoms with Crippen molar-refractivity contribution < 1.29 is 13.9 Å². The second-order valence-corrected chi connectivity index (χ2v) is 10.3. The van der Waals surface area contributed by atoms with Crippen LogP contribution < -0.4 is 4.74 Å². The van der Waals surface area contributed by atoms with E-state index in [1.54, 1.807) is 47.5 Å². The number of imidazole rings is 1. The van der Waals surface area contributed by atoms with Gasteiger partial charge in [-0.3, -0.25) is 14.9 Å². The second kappa shape index (κ2) is 9.46. The molecule has 39 heavy (non-hydrogen) atoms. The molecule has 2 aromatic carbocycles.